The van der Waals surface area contributed by atoms with E-state index in [4.69, 9.17) is 4.74 Å². The molecule has 0 aliphatic carbocycles. The third-order valence-electron chi connectivity index (χ3n) is 5.10. The summed E-state index contributed by atoms with van der Waals surface area (Å²) in [4.78, 5) is 52.5. The topological polar surface area (TPSA) is 96.0 Å². The molecule has 8 nitrogen and oxygen atoms in total. The first-order valence-electron chi connectivity index (χ1n) is 10.0. The monoisotopic (exact) mass is 423 g/mol. The minimum Gasteiger partial charge on any atom is -0.497 e. The number of carbonyl (C=O) groups excluding carboxylic acids is 4. The van der Waals surface area contributed by atoms with E-state index in [1.807, 2.05) is 6.92 Å². The maximum atomic E-state index is 12.6. The third kappa shape index (κ3) is 4.91. The van der Waals surface area contributed by atoms with Gasteiger partial charge in [0.15, 0.2) is 0 Å². The molecule has 0 fully saturated rings. The van der Waals surface area contributed by atoms with Gasteiger partial charge in [0.2, 0.25) is 11.8 Å². The van der Waals surface area contributed by atoms with Gasteiger partial charge in [0.1, 0.15) is 5.75 Å². The summed E-state index contributed by atoms with van der Waals surface area (Å²) >= 11 is 0. The van der Waals surface area contributed by atoms with Crippen molar-refractivity contribution in [3.63, 3.8) is 0 Å². The minimum atomic E-state index is -0.397. The van der Waals surface area contributed by atoms with Gasteiger partial charge in [-0.05, 0) is 38.1 Å². The minimum absolute atomic E-state index is 0.0295. The average molecular weight is 423 g/mol. The standard InChI is InChI=1S/C23H25N3O5/c1-4-25(14-20(27)24-16-6-5-7-17(13-16)31-3)21(28)10-11-26-22(29)18-9-8-15(2)12-19(18)23(26)30/h5-9,12-13H,4,10-11,14H2,1-3H3,(H,24,27). The lowest BCUT2D eigenvalue weighted by Crippen LogP contribution is -2.40. The van der Waals surface area contributed by atoms with E-state index in [1.54, 1.807) is 49.4 Å². The lowest BCUT2D eigenvalue weighted by Gasteiger charge is -2.22. The van der Waals surface area contributed by atoms with E-state index in [2.05, 4.69) is 5.32 Å². The van der Waals surface area contributed by atoms with Crippen LogP contribution in [0.25, 0.3) is 0 Å². The zero-order valence-electron chi connectivity index (χ0n) is 17.8. The van der Waals surface area contributed by atoms with Crippen LogP contribution in [-0.4, -0.2) is 60.2 Å². The number of fused-ring (bicyclic) bond motifs is 1. The number of hydrogen-bond acceptors (Lipinski definition) is 5. The van der Waals surface area contributed by atoms with Crippen LogP contribution in [0.4, 0.5) is 5.69 Å². The van der Waals surface area contributed by atoms with Crippen molar-refractivity contribution in [2.45, 2.75) is 20.3 Å². The van der Waals surface area contributed by atoms with Crippen LogP contribution in [-0.2, 0) is 9.59 Å². The molecule has 2 aromatic rings. The second kappa shape index (κ2) is 9.42. The number of aryl methyl sites for hydroxylation is 1. The molecule has 0 radical (unpaired) electrons. The van der Waals surface area contributed by atoms with E-state index in [0.717, 1.165) is 10.5 Å². The van der Waals surface area contributed by atoms with Crippen molar-refractivity contribution in [3.05, 3.63) is 59.2 Å². The van der Waals surface area contributed by atoms with E-state index < -0.39 is 11.8 Å². The number of amides is 4. The Morgan fingerprint density at radius 1 is 1.06 bits per heavy atom. The molecular formula is C23H25N3O5. The van der Waals surface area contributed by atoms with Gasteiger partial charge < -0.3 is 15.0 Å². The van der Waals surface area contributed by atoms with Crippen LogP contribution in [0.1, 0.15) is 39.6 Å². The largest absolute Gasteiger partial charge is 0.497 e. The van der Waals surface area contributed by atoms with Crippen LogP contribution in [0, 0.1) is 6.92 Å². The first-order chi connectivity index (χ1) is 14.8. The fourth-order valence-corrected chi connectivity index (χ4v) is 3.42. The summed E-state index contributed by atoms with van der Waals surface area (Å²) in [6.45, 7) is 3.78. The van der Waals surface area contributed by atoms with Crippen molar-refractivity contribution in [2.24, 2.45) is 0 Å². The van der Waals surface area contributed by atoms with Crippen molar-refractivity contribution in [1.29, 1.82) is 0 Å². The highest BCUT2D eigenvalue weighted by atomic mass is 16.5. The smallest absolute Gasteiger partial charge is 0.261 e. The molecule has 1 aliphatic rings. The van der Waals surface area contributed by atoms with Crippen LogP contribution in [0.2, 0.25) is 0 Å². The second-order valence-corrected chi connectivity index (χ2v) is 7.25. The summed E-state index contributed by atoms with van der Waals surface area (Å²) in [6, 6.07) is 12.0. The number of likely N-dealkylation sites (N-methyl/N-ethyl adjacent to an activating group) is 1. The van der Waals surface area contributed by atoms with Gasteiger partial charge in [0.25, 0.3) is 11.8 Å². The third-order valence-corrected chi connectivity index (χ3v) is 5.10. The average Bonchev–Trinajstić information content (AvgIpc) is 2.99. The van der Waals surface area contributed by atoms with Gasteiger partial charge in [-0.25, -0.2) is 0 Å². The maximum absolute atomic E-state index is 12.6. The predicted molar refractivity (Wildman–Crippen MR) is 115 cm³/mol. The fraction of sp³-hybridized carbons (Fsp3) is 0.304. The van der Waals surface area contributed by atoms with Crippen LogP contribution in [0.5, 0.6) is 5.75 Å². The molecule has 1 N–H and O–H groups in total. The highest BCUT2D eigenvalue weighted by Crippen LogP contribution is 2.24. The lowest BCUT2D eigenvalue weighted by atomic mass is 10.1. The Bertz CT molecular complexity index is 1030. The van der Waals surface area contributed by atoms with Crippen molar-refractivity contribution < 1.29 is 23.9 Å². The molecule has 8 heteroatoms. The number of rotatable bonds is 8. The maximum Gasteiger partial charge on any atom is 0.261 e. The summed E-state index contributed by atoms with van der Waals surface area (Å²) in [7, 11) is 1.54. The highest BCUT2D eigenvalue weighted by Gasteiger charge is 2.35. The summed E-state index contributed by atoms with van der Waals surface area (Å²) in [5.41, 5.74) is 2.17. The van der Waals surface area contributed by atoms with Gasteiger partial charge in [-0.3, -0.25) is 24.1 Å². The first kappa shape index (κ1) is 22.0. The van der Waals surface area contributed by atoms with Gasteiger partial charge in [0.05, 0.1) is 24.8 Å². The van der Waals surface area contributed by atoms with Crippen LogP contribution in [0.3, 0.4) is 0 Å². The van der Waals surface area contributed by atoms with Gasteiger partial charge >= 0.3 is 0 Å². The van der Waals surface area contributed by atoms with Gasteiger partial charge in [-0.2, -0.15) is 0 Å². The number of benzene rings is 2. The molecule has 4 amide bonds. The van der Waals surface area contributed by atoms with Crippen molar-refractivity contribution in [1.82, 2.24) is 9.80 Å². The molecule has 1 aliphatic heterocycles. The van der Waals surface area contributed by atoms with E-state index >= 15 is 0 Å². The molecule has 0 spiro atoms. The Labute approximate surface area is 180 Å². The number of ether oxygens (including phenoxy) is 1. The Hall–Kier alpha value is -3.68. The quantitative estimate of drug-likeness (QED) is 0.658. The zero-order chi connectivity index (χ0) is 22.5. The Balaban J connectivity index is 1.57. The SMILES string of the molecule is CCN(CC(=O)Nc1cccc(OC)c1)C(=O)CCN1C(=O)c2ccc(C)cc2C1=O. The lowest BCUT2D eigenvalue weighted by molar-refractivity contribution is -0.134. The Kier molecular flexibility index (Phi) is 6.69. The number of hydrogen-bond donors (Lipinski definition) is 1. The molecule has 2 aromatic carbocycles. The Morgan fingerprint density at radius 3 is 2.52 bits per heavy atom. The van der Waals surface area contributed by atoms with Gasteiger partial charge in [-0.1, -0.05) is 17.7 Å². The molecule has 0 atom stereocenters. The predicted octanol–water partition coefficient (Wildman–Crippen LogP) is 2.48. The van der Waals surface area contributed by atoms with Crippen LogP contribution < -0.4 is 10.1 Å². The fourth-order valence-electron chi connectivity index (χ4n) is 3.42. The number of anilines is 1. The summed E-state index contributed by atoms with van der Waals surface area (Å²) in [6.07, 6.45) is -0.0509. The number of methoxy groups -OCH3 is 1. The second-order valence-electron chi connectivity index (χ2n) is 7.25. The molecule has 0 saturated carbocycles. The molecular weight excluding hydrogens is 398 g/mol. The van der Waals surface area contributed by atoms with Crippen LogP contribution in [0.15, 0.2) is 42.5 Å². The van der Waals surface area contributed by atoms with Crippen molar-refractivity contribution in [2.75, 3.05) is 32.1 Å². The number of nitrogens with zero attached hydrogens (tertiary/aromatic N) is 2. The van der Waals surface area contributed by atoms with Crippen LogP contribution >= 0.6 is 0 Å². The van der Waals surface area contributed by atoms with E-state index in [9.17, 15) is 19.2 Å². The zero-order valence-corrected chi connectivity index (χ0v) is 17.8. The number of imide groups is 1. The number of nitrogens with one attached hydrogen (secondary N) is 1. The van der Waals surface area contributed by atoms with E-state index in [1.165, 1.54) is 12.0 Å². The number of carbonyl (C=O) groups is 4. The highest BCUT2D eigenvalue weighted by molar-refractivity contribution is 6.21. The first-order valence-corrected chi connectivity index (χ1v) is 10.0. The molecule has 0 saturated heterocycles. The van der Waals surface area contributed by atoms with Gasteiger partial charge in [-0.15, -0.1) is 0 Å². The normalized spacial score (nSPS) is 12.5. The molecule has 0 bridgehead atoms. The van der Waals surface area contributed by atoms with E-state index in [0.29, 0.717) is 29.1 Å². The van der Waals surface area contributed by atoms with Crippen molar-refractivity contribution in [3.8, 4) is 5.75 Å². The molecule has 0 aromatic heterocycles. The molecule has 3 rings (SSSR count). The van der Waals surface area contributed by atoms with E-state index in [-0.39, 0.29) is 31.3 Å². The molecule has 1 heterocycles. The van der Waals surface area contributed by atoms with Gasteiger partial charge in [0, 0.05) is 31.3 Å². The summed E-state index contributed by atoms with van der Waals surface area (Å²) < 4.78 is 5.13. The molecule has 31 heavy (non-hydrogen) atoms. The molecule has 162 valence electrons. The Morgan fingerprint density at radius 2 is 1.81 bits per heavy atom. The van der Waals surface area contributed by atoms with Crippen molar-refractivity contribution >= 4 is 29.3 Å². The summed E-state index contributed by atoms with van der Waals surface area (Å²) in [5, 5.41) is 2.73. The summed E-state index contributed by atoms with van der Waals surface area (Å²) in [5.74, 6) is -0.838. The molecule has 0 unspecified atom stereocenters.